The van der Waals surface area contributed by atoms with E-state index in [1.54, 1.807) is 0 Å². The summed E-state index contributed by atoms with van der Waals surface area (Å²) in [5, 5.41) is 3.24. The van der Waals surface area contributed by atoms with Gasteiger partial charge in [0.15, 0.2) is 12.5 Å². The molecule has 0 radical (unpaired) electrons. The van der Waals surface area contributed by atoms with Gasteiger partial charge in [0, 0.05) is 13.1 Å². The van der Waals surface area contributed by atoms with Crippen LogP contribution in [0, 0.1) is 5.92 Å². The number of piperidine rings is 1. The third-order valence-electron chi connectivity index (χ3n) is 5.47. The number of ether oxygens (including phenoxy) is 1. The number of amides is 1. The summed E-state index contributed by atoms with van der Waals surface area (Å²) in [6.07, 6.45) is 3.23. The van der Waals surface area contributed by atoms with Crippen molar-refractivity contribution in [1.29, 1.82) is 0 Å². The number of benzene rings is 1. The average molecular weight is 507 g/mol. The van der Waals surface area contributed by atoms with E-state index in [-0.39, 0.29) is 17.6 Å². The van der Waals surface area contributed by atoms with Crippen LogP contribution >= 0.6 is 27.3 Å². The van der Waals surface area contributed by atoms with E-state index in [2.05, 4.69) is 38.3 Å². The Hall–Kier alpha value is -1.54. The summed E-state index contributed by atoms with van der Waals surface area (Å²) in [4.78, 5) is 27.2. The maximum Gasteiger partial charge on any atom is 0.261 e. The first-order valence-corrected chi connectivity index (χ1v) is 12.3. The second-order valence-corrected chi connectivity index (χ2v) is 11.5. The van der Waals surface area contributed by atoms with Crippen molar-refractivity contribution in [3.8, 4) is 0 Å². The first-order valence-electron chi connectivity index (χ1n) is 10.7. The largest absolute Gasteiger partial charge is 0.350 e. The number of rotatable bonds is 8. The highest BCUT2D eigenvalue weighted by Gasteiger charge is 2.30. The zero-order valence-electron chi connectivity index (χ0n) is 18.3. The van der Waals surface area contributed by atoms with E-state index in [4.69, 9.17) is 4.74 Å². The molecule has 3 rings (SSSR count). The van der Waals surface area contributed by atoms with Crippen LogP contribution in [0.25, 0.3) is 0 Å². The predicted octanol–water partition coefficient (Wildman–Crippen LogP) is 5.42. The molecule has 0 aliphatic carbocycles. The van der Waals surface area contributed by atoms with Crippen molar-refractivity contribution < 1.29 is 14.3 Å². The predicted molar refractivity (Wildman–Crippen MR) is 128 cm³/mol. The molecule has 2 heterocycles. The van der Waals surface area contributed by atoms with E-state index in [9.17, 15) is 9.59 Å². The second-order valence-electron chi connectivity index (χ2n) is 9.01. The van der Waals surface area contributed by atoms with Gasteiger partial charge in [-0.3, -0.25) is 14.5 Å². The number of hydrogen-bond acceptors (Lipinski definition) is 5. The van der Waals surface area contributed by atoms with Crippen molar-refractivity contribution in [2.24, 2.45) is 5.92 Å². The van der Waals surface area contributed by atoms with Crippen LogP contribution in [0.2, 0.25) is 0 Å². The first kappa shape index (κ1) is 24.1. The van der Waals surface area contributed by atoms with E-state index < -0.39 is 6.23 Å². The fourth-order valence-corrected chi connectivity index (χ4v) is 5.25. The van der Waals surface area contributed by atoms with Gasteiger partial charge < -0.3 is 10.1 Å². The molecule has 1 aromatic carbocycles. The fourth-order valence-electron chi connectivity index (χ4n) is 3.96. The molecule has 1 saturated heterocycles. The van der Waals surface area contributed by atoms with Crippen LogP contribution in [0.3, 0.4) is 0 Å². The quantitative estimate of drug-likeness (QED) is 0.485. The Morgan fingerprint density at radius 2 is 1.90 bits per heavy atom. The van der Waals surface area contributed by atoms with E-state index in [0.717, 1.165) is 48.0 Å². The number of thiophene rings is 1. The van der Waals surface area contributed by atoms with Crippen LogP contribution in [0.1, 0.15) is 61.3 Å². The van der Waals surface area contributed by atoms with Crippen molar-refractivity contribution in [2.75, 3.05) is 13.1 Å². The van der Waals surface area contributed by atoms with Gasteiger partial charge in [0.2, 0.25) is 0 Å². The molecular weight excluding hydrogens is 476 g/mol. The Balaban J connectivity index is 1.63. The maximum absolute atomic E-state index is 12.8. The van der Waals surface area contributed by atoms with Crippen molar-refractivity contribution in [3.63, 3.8) is 0 Å². The van der Waals surface area contributed by atoms with E-state index >= 15 is 0 Å². The highest BCUT2D eigenvalue weighted by Crippen LogP contribution is 2.30. The zero-order chi connectivity index (χ0) is 22.4. The van der Waals surface area contributed by atoms with Crippen LogP contribution < -0.4 is 5.32 Å². The van der Waals surface area contributed by atoms with Gasteiger partial charge in [-0.25, -0.2) is 0 Å². The monoisotopic (exact) mass is 506 g/mol. The highest BCUT2D eigenvalue weighted by atomic mass is 79.9. The van der Waals surface area contributed by atoms with Crippen LogP contribution in [0.5, 0.6) is 0 Å². The number of aldehydes is 1. The second kappa shape index (κ2) is 10.9. The van der Waals surface area contributed by atoms with Crippen molar-refractivity contribution in [1.82, 2.24) is 10.2 Å². The van der Waals surface area contributed by atoms with Crippen LogP contribution in [-0.2, 0) is 9.53 Å². The summed E-state index contributed by atoms with van der Waals surface area (Å²) in [5.74, 6) is 0.431. The number of carbonyl (C=O) groups is 2. The van der Waals surface area contributed by atoms with Gasteiger partial charge >= 0.3 is 0 Å². The first-order chi connectivity index (χ1) is 14.7. The molecule has 0 spiro atoms. The van der Waals surface area contributed by atoms with Crippen molar-refractivity contribution in [2.45, 2.75) is 57.9 Å². The third-order valence-corrected chi connectivity index (χ3v) is 7.10. The molecule has 1 aromatic heterocycles. The lowest BCUT2D eigenvalue weighted by Gasteiger charge is -2.38. The molecule has 2 aromatic rings. The molecule has 1 N–H and O–H groups in total. The number of nitrogens with one attached hydrogen (secondary N) is 1. The third kappa shape index (κ3) is 7.24. The van der Waals surface area contributed by atoms with Gasteiger partial charge in [-0.15, -0.1) is 11.3 Å². The molecule has 168 valence electrons. The van der Waals surface area contributed by atoms with Gasteiger partial charge in [0.25, 0.3) is 5.91 Å². The van der Waals surface area contributed by atoms with Gasteiger partial charge in [-0.2, -0.15) is 0 Å². The topological polar surface area (TPSA) is 58.6 Å². The number of nitrogens with zero attached hydrogens (tertiary/aromatic N) is 1. The van der Waals surface area contributed by atoms with Crippen molar-refractivity contribution in [3.05, 3.63) is 56.7 Å². The summed E-state index contributed by atoms with van der Waals surface area (Å²) in [7, 11) is 0. The van der Waals surface area contributed by atoms with E-state index in [1.807, 2.05) is 51.1 Å². The lowest BCUT2D eigenvalue weighted by molar-refractivity contribution is -0.155. The maximum atomic E-state index is 12.8. The molecule has 1 aliphatic rings. The van der Waals surface area contributed by atoms with Crippen LogP contribution in [0.4, 0.5) is 0 Å². The summed E-state index contributed by atoms with van der Waals surface area (Å²) in [6.45, 7) is 7.54. The number of likely N-dealkylation sites (tertiary alicyclic amines) is 1. The molecule has 0 bridgehead atoms. The Labute approximate surface area is 197 Å². The minimum Gasteiger partial charge on any atom is -0.350 e. The molecular formula is C24H31BrN2O3S. The Morgan fingerprint density at radius 1 is 1.23 bits per heavy atom. The van der Waals surface area contributed by atoms with Gasteiger partial charge in [-0.05, 0) is 79.6 Å². The average Bonchev–Trinajstić information content (AvgIpc) is 3.18. The van der Waals surface area contributed by atoms with Gasteiger partial charge in [0.1, 0.15) is 0 Å². The normalized spacial score (nSPS) is 17.8. The molecule has 2 atom stereocenters. The van der Waals surface area contributed by atoms with Gasteiger partial charge in [-0.1, -0.05) is 30.3 Å². The van der Waals surface area contributed by atoms with Gasteiger partial charge in [0.05, 0.1) is 20.3 Å². The SMILES string of the molecule is CC(C)(C)OC(C=O)N1CCC(CC(NC(=O)c2ccc(Br)s2)c2ccccc2)CC1. The summed E-state index contributed by atoms with van der Waals surface area (Å²) in [6, 6.07) is 13.9. The minimum atomic E-state index is -0.497. The molecule has 7 heteroatoms. The smallest absolute Gasteiger partial charge is 0.261 e. The molecule has 1 amide bonds. The molecule has 1 fully saturated rings. The highest BCUT2D eigenvalue weighted by molar-refractivity contribution is 9.11. The minimum absolute atomic E-state index is 0.0402. The molecule has 1 aliphatic heterocycles. The van der Waals surface area contributed by atoms with E-state index in [1.165, 1.54) is 11.3 Å². The Morgan fingerprint density at radius 3 is 2.45 bits per heavy atom. The Bertz CT molecular complexity index is 857. The molecule has 31 heavy (non-hydrogen) atoms. The lowest BCUT2D eigenvalue weighted by Crippen LogP contribution is -2.47. The van der Waals surface area contributed by atoms with Crippen LogP contribution in [0.15, 0.2) is 46.3 Å². The van der Waals surface area contributed by atoms with E-state index in [0.29, 0.717) is 10.8 Å². The zero-order valence-corrected chi connectivity index (χ0v) is 20.7. The number of hydrogen-bond donors (Lipinski definition) is 1. The molecule has 5 nitrogen and oxygen atoms in total. The standard InChI is InChI=1S/C24H31BrN2O3S/c1-24(2,3)30-22(16-28)27-13-11-17(12-14-27)15-19(18-7-5-4-6-8-18)26-23(29)20-9-10-21(25)31-20/h4-10,16-17,19,22H,11-15H2,1-3H3,(H,26,29). The molecule has 2 unspecified atom stereocenters. The number of halogens is 1. The summed E-state index contributed by atoms with van der Waals surface area (Å²) >= 11 is 4.87. The number of carbonyl (C=O) groups excluding carboxylic acids is 2. The Kier molecular flexibility index (Phi) is 8.44. The van der Waals surface area contributed by atoms with Crippen LogP contribution in [-0.4, -0.2) is 42.0 Å². The lowest BCUT2D eigenvalue weighted by atomic mass is 9.87. The van der Waals surface area contributed by atoms with Crippen molar-refractivity contribution >= 4 is 39.5 Å². The molecule has 0 saturated carbocycles. The summed E-state index contributed by atoms with van der Waals surface area (Å²) < 4.78 is 6.86. The summed E-state index contributed by atoms with van der Waals surface area (Å²) in [5.41, 5.74) is 0.762. The fraction of sp³-hybridized carbons (Fsp3) is 0.500.